The number of rotatable bonds is 1. The fraction of sp³-hybridized carbons (Fsp3) is 0.857. The van der Waals surface area contributed by atoms with E-state index >= 15 is 0 Å². The van der Waals surface area contributed by atoms with Gasteiger partial charge in [-0.2, -0.15) is 0 Å². The molecule has 0 aliphatic carbocycles. The molecule has 1 amide bonds. The third-order valence-electron chi connectivity index (χ3n) is 1.87. The maximum absolute atomic E-state index is 11.6. The molecular weight excluding hydrogens is 306 g/mol. The van der Waals surface area contributed by atoms with Crippen molar-refractivity contribution in [3.8, 4) is 0 Å². The van der Waals surface area contributed by atoms with Crippen LogP contribution >= 0.6 is 43.6 Å². The van der Waals surface area contributed by atoms with Crippen molar-refractivity contribution in [2.45, 2.75) is 22.5 Å². The van der Waals surface area contributed by atoms with Gasteiger partial charge in [-0.3, -0.25) is 4.79 Å². The number of nitrogens with zero attached hydrogens (tertiary/aromatic N) is 1. The summed E-state index contributed by atoms with van der Waals surface area (Å²) < 4.78 is -0.247. The van der Waals surface area contributed by atoms with Gasteiger partial charge < -0.3 is 4.90 Å². The molecule has 0 spiro atoms. The molecule has 0 radical (unpaired) electrons. The quantitative estimate of drug-likeness (QED) is 0.692. The van der Waals surface area contributed by atoms with Crippen molar-refractivity contribution in [2.24, 2.45) is 0 Å². The van der Waals surface area contributed by atoms with Gasteiger partial charge in [0.05, 0.1) is 4.87 Å². The third-order valence-corrected chi connectivity index (χ3v) is 3.97. The molecule has 70 valence electrons. The van der Waals surface area contributed by atoms with Crippen LogP contribution in [0.25, 0.3) is 0 Å². The second-order valence-corrected chi connectivity index (χ2v) is 7.84. The third kappa shape index (κ3) is 2.17. The lowest BCUT2D eigenvalue weighted by Gasteiger charge is -2.30. The molecule has 1 fully saturated rings. The van der Waals surface area contributed by atoms with Crippen LogP contribution in [0.5, 0.6) is 0 Å². The van der Waals surface area contributed by atoms with Crippen LogP contribution in [0, 0.1) is 0 Å². The Bertz CT molecular complexity index is 196. The van der Waals surface area contributed by atoms with Gasteiger partial charge in [0.25, 0.3) is 0 Å². The Morgan fingerprint density at radius 2 is 2.17 bits per heavy atom. The minimum absolute atomic E-state index is 0.0448. The zero-order chi connectivity index (χ0) is 9.35. The van der Waals surface area contributed by atoms with E-state index in [0.29, 0.717) is 0 Å². The predicted molar refractivity (Wildman–Crippen MR) is 59.9 cm³/mol. The Balaban J connectivity index is 2.69. The van der Waals surface area contributed by atoms with Crippen molar-refractivity contribution in [3.05, 3.63) is 0 Å². The van der Waals surface area contributed by atoms with Crippen molar-refractivity contribution in [1.82, 2.24) is 4.90 Å². The minimum Gasteiger partial charge on any atom is -0.326 e. The molecule has 1 aliphatic rings. The van der Waals surface area contributed by atoms with E-state index in [1.54, 1.807) is 0 Å². The average molecular weight is 317 g/mol. The topological polar surface area (TPSA) is 20.3 Å². The van der Waals surface area contributed by atoms with Gasteiger partial charge in [0, 0.05) is 12.3 Å². The smallest absolute Gasteiger partial charge is 0.248 e. The molecule has 2 nitrogen and oxygen atoms in total. The number of amides is 1. The Kier molecular flexibility index (Phi) is 3.51. The number of hydrogen-bond donors (Lipinski definition) is 0. The van der Waals surface area contributed by atoms with Crippen LogP contribution in [-0.2, 0) is 4.79 Å². The summed E-state index contributed by atoms with van der Waals surface area (Å²) in [5, 5.41) is 0. The zero-order valence-electron chi connectivity index (χ0n) is 7.01. The van der Waals surface area contributed by atoms with Gasteiger partial charge >= 0.3 is 0 Å². The van der Waals surface area contributed by atoms with E-state index in [9.17, 15) is 4.79 Å². The van der Waals surface area contributed by atoms with Gasteiger partial charge in [0.15, 0.2) is 0 Å². The Morgan fingerprint density at radius 1 is 1.58 bits per heavy atom. The molecule has 0 aromatic carbocycles. The van der Waals surface area contributed by atoms with E-state index in [0.717, 1.165) is 12.3 Å². The van der Waals surface area contributed by atoms with E-state index in [1.807, 2.05) is 16.7 Å². The molecule has 0 aromatic rings. The number of halogens is 2. The van der Waals surface area contributed by atoms with E-state index in [-0.39, 0.29) is 14.5 Å². The second kappa shape index (κ2) is 3.88. The summed E-state index contributed by atoms with van der Waals surface area (Å²) in [5.41, 5.74) is 0. The van der Waals surface area contributed by atoms with Crippen LogP contribution in [0.4, 0.5) is 0 Å². The van der Waals surface area contributed by atoms with Gasteiger partial charge in [-0.1, -0.05) is 31.9 Å². The molecule has 0 aromatic heterocycles. The van der Waals surface area contributed by atoms with Gasteiger partial charge in [0.1, 0.15) is 3.74 Å². The summed E-state index contributed by atoms with van der Waals surface area (Å²) in [6.45, 7) is 5.00. The van der Waals surface area contributed by atoms with Gasteiger partial charge in [-0.05, 0) is 13.8 Å². The van der Waals surface area contributed by atoms with Crippen LogP contribution in [-0.4, -0.2) is 31.7 Å². The van der Waals surface area contributed by atoms with Crippen molar-refractivity contribution in [1.29, 1.82) is 0 Å². The molecule has 0 bridgehead atoms. The van der Waals surface area contributed by atoms with E-state index in [1.165, 1.54) is 0 Å². The van der Waals surface area contributed by atoms with Crippen molar-refractivity contribution >= 4 is 49.5 Å². The first-order chi connectivity index (χ1) is 5.45. The van der Waals surface area contributed by atoms with Crippen LogP contribution in [0.15, 0.2) is 0 Å². The first kappa shape index (κ1) is 10.9. The van der Waals surface area contributed by atoms with E-state index in [2.05, 4.69) is 45.7 Å². The van der Waals surface area contributed by atoms with Gasteiger partial charge in [0.2, 0.25) is 5.91 Å². The first-order valence-corrected chi connectivity index (χ1v) is 6.50. The molecule has 0 saturated carbocycles. The van der Waals surface area contributed by atoms with Crippen LogP contribution in [0.1, 0.15) is 13.8 Å². The maximum Gasteiger partial charge on any atom is 0.248 e. The summed E-state index contributed by atoms with van der Waals surface area (Å²) in [7, 11) is 0. The zero-order valence-corrected chi connectivity index (χ0v) is 11.0. The lowest BCUT2D eigenvalue weighted by molar-refractivity contribution is -0.130. The molecule has 0 N–H and O–H groups in total. The average Bonchev–Trinajstić information content (AvgIpc) is 2.27. The standard InChI is InChI=1S/C7H11Br2NOS/c1-7(2)10(3-4-12-7)6(11)5(8)9/h5H,3-4H2,1-2H3. The maximum atomic E-state index is 11.6. The Morgan fingerprint density at radius 3 is 2.50 bits per heavy atom. The first-order valence-electron chi connectivity index (χ1n) is 3.69. The normalized spacial score (nSPS) is 21.9. The molecular formula is C7H11Br2NOS. The lowest BCUT2D eigenvalue weighted by Crippen LogP contribution is -2.43. The summed E-state index contributed by atoms with van der Waals surface area (Å²) in [6.07, 6.45) is 0. The Labute approximate surface area is 93.7 Å². The second-order valence-electron chi connectivity index (χ2n) is 3.09. The molecule has 12 heavy (non-hydrogen) atoms. The fourth-order valence-electron chi connectivity index (χ4n) is 1.23. The molecule has 1 saturated heterocycles. The predicted octanol–water partition coefficient (Wildman–Crippen LogP) is 2.41. The highest BCUT2D eigenvalue weighted by Gasteiger charge is 2.37. The number of thioether (sulfide) groups is 1. The molecule has 1 heterocycles. The lowest BCUT2D eigenvalue weighted by atomic mass is 10.3. The fourth-order valence-corrected chi connectivity index (χ4v) is 2.83. The SMILES string of the molecule is CC1(C)SCCN1C(=O)C(Br)Br. The van der Waals surface area contributed by atoms with Gasteiger partial charge in [-0.25, -0.2) is 0 Å². The van der Waals surface area contributed by atoms with Crippen LogP contribution < -0.4 is 0 Å². The van der Waals surface area contributed by atoms with Crippen molar-refractivity contribution in [2.75, 3.05) is 12.3 Å². The van der Waals surface area contributed by atoms with Gasteiger partial charge in [-0.15, -0.1) is 11.8 Å². The summed E-state index contributed by atoms with van der Waals surface area (Å²) >= 11 is 8.25. The van der Waals surface area contributed by atoms with Crippen LogP contribution in [0.2, 0.25) is 0 Å². The summed E-state index contributed by atoms with van der Waals surface area (Å²) in [4.78, 5) is 13.4. The number of carbonyl (C=O) groups excluding carboxylic acids is 1. The highest BCUT2D eigenvalue weighted by atomic mass is 79.9. The van der Waals surface area contributed by atoms with Crippen molar-refractivity contribution < 1.29 is 4.79 Å². The largest absolute Gasteiger partial charge is 0.326 e. The summed E-state index contributed by atoms with van der Waals surface area (Å²) in [6, 6.07) is 0. The molecule has 0 unspecified atom stereocenters. The Hall–Kier alpha value is 0.780. The number of carbonyl (C=O) groups is 1. The molecule has 0 atom stereocenters. The highest BCUT2D eigenvalue weighted by molar-refractivity contribution is 9.25. The summed E-state index contributed by atoms with van der Waals surface area (Å²) in [5.74, 6) is 1.15. The van der Waals surface area contributed by atoms with Crippen LogP contribution in [0.3, 0.4) is 0 Å². The molecule has 1 aliphatic heterocycles. The highest BCUT2D eigenvalue weighted by Crippen LogP contribution is 2.36. The minimum atomic E-state index is -0.247. The number of hydrogen-bond acceptors (Lipinski definition) is 2. The van der Waals surface area contributed by atoms with E-state index in [4.69, 9.17) is 0 Å². The van der Waals surface area contributed by atoms with Crippen molar-refractivity contribution in [3.63, 3.8) is 0 Å². The molecule has 5 heteroatoms. The monoisotopic (exact) mass is 315 g/mol. The number of alkyl halides is 2. The molecule has 1 rings (SSSR count). The van der Waals surface area contributed by atoms with E-state index < -0.39 is 0 Å².